The summed E-state index contributed by atoms with van der Waals surface area (Å²) in [5, 5.41) is 3.69. The Labute approximate surface area is 164 Å². The third-order valence-corrected chi connectivity index (χ3v) is 4.51. The number of anilines is 1. The molecule has 0 saturated carbocycles. The second kappa shape index (κ2) is 7.14. The summed E-state index contributed by atoms with van der Waals surface area (Å²) in [6.07, 6.45) is 1.40. The molecule has 0 spiro atoms. The molecule has 1 heterocycles. The molecule has 3 rings (SSSR count). The van der Waals surface area contributed by atoms with Gasteiger partial charge in [-0.1, -0.05) is 46.9 Å². The summed E-state index contributed by atoms with van der Waals surface area (Å²) in [5.41, 5.74) is 0.844. The number of thiocarbonyl (C=S) groups is 1. The highest BCUT2D eigenvalue weighted by atomic mass is 35.5. The summed E-state index contributed by atoms with van der Waals surface area (Å²) in [5.74, 6) is -1.17. The third kappa shape index (κ3) is 3.70. The number of rotatable bonds is 2. The summed E-state index contributed by atoms with van der Waals surface area (Å²) in [4.78, 5) is 26.3. The van der Waals surface area contributed by atoms with Crippen molar-refractivity contribution in [1.82, 2.24) is 5.32 Å². The van der Waals surface area contributed by atoms with E-state index in [-0.39, 0.29) is 10.7 Å². The van der Waals surface area contributed by atoms with Crippen LogP contribution in [0.15, 0.2) is 48.0 Å². The minimum Gasteiger partial charge on any atom is -0.298 e. The van der Waals surface area contributed by atoms with Crippen molar-refractivity contribution in [1.29, 1.82) is 0 Å². The average molecular weight is 412 g/mol. The van der Waals surface area contributed by atoms with Crippen LogP contribution in [0.4, 0.5) is 5.69 Å². The van der Waals surface area contributed by atoms with Gasteiger partial charge in [-0.25, -0.2) is 0 Å². The van der Waals surface area contributed by atoms with Gasteiger partial charge in [0.2, 0.25) is 0 Å². The molecular formula is C17H9Cl3N2O2S. The third-order valence-electron chi connectivity index (χ3n) is 3.43. The smallest absolute Gasteiger partial charge is 0.270 e. The number of halogens is 3. The van der Waals surface area contributed by atoms with Crippen LogP contribution in [-0.2, 0) is 9.59 Å². The fraction of sp³-hybridized carbons (Fsp3) is 0. The van der Waals surface area contributed by atoms with Gasteiger partial charge in [-0.15, -0.1) is 0 Å². The molecule has 2 amide bonds. The average Bonchev–Trinajstić information content (AvgIpc) is 2.53. The Morgan fingerprint density at radius 1 is 1.00 bits per heavy atom. The minimum atomic E-state index is -0.598. The summed E-state index contributed by atoms with van der Waals surface area (Å²) < 4.78 is 0. The zero-order valence-electron chi connectivity index (χ0n) is 12.4. The van der Waals surface area contributed by atoms with E-state index in [1.54, 1.807) is 36.4 Å². The van der Waals surface area contributed by atoms with Crippen molar-refractivity contribution >= 4 is 75.7 Å². The maximum absolute atomic E-state index is 12.8. The highest BCUT2D eigenvalue weighted by molar-refractivity contribution is 7.80. The maximum atomic E-state index is 12.8. The molecule has 1 saturated heterocycles. The molecule has 2 aromatic rings. The first kappa shape index (κ1) is 17.9. The lowest BCUT2D eigenvalue weighted by molar-refractivity contribution is -0.122. The Hall–Kier alpha value is -1.92. The van der Waals surface area contributed by atoms with Crippen LogP contribution in [0.3, 0.4) is 0 Å². The molecule has 0 unspecified atom stereocenters. The van der Waals surface area contributed by atoms with E-state index in [2.05, 4.69) is 5.32 Å². The largest absolute Gasteiger partial charge is 0.298 e. The van der Waals surface area contributed by atoms with E-state index in [1.165, 1.54) is 17.0 Å². The molecule has 1 N–H and O–H groups in total. The molecule has 2 aromatic carbocycles. The van der Waals surface area contributed by atoms with Gasteiger partial charge in [-0.05, 0) is 54.2 Å². The second-order valence-electron chi connectivity index (χ2n) is 5.10. The first-order valence-corrected chi connectivity index (χ1v) is 8.53. The van der Waals surface area contributed by atoms with Crippen LogP contribution in [0.25, 0.3) is 6.08 Å². The lowest BCUT2D eigenvalue weighted by Gasteiger charge is -2.29. The predicted molar refractivity (Wildman–Crippen MR) is 104 cm³/mol. The number of benzene rings is 2. The lowest BCUT2D eigenvalue weighted by atomic mass is 10.1. The highest BCUT2D eigenvalue weighted by Crippen LogP contribution is 2.27. The highest BCUT2D eigenvalue weighted by Gasteiger charge is 2.34. The standard InChI is InChI=1S/C17H9Cl3N2O2S/c18-10-2-1-3-12(7-10)22-16(24)13(15(23)21-17(22)25)6-9-4-5-11(19)8-14(9)20/h1-8H,(H,21,23,25)/b13-6+. The van der Waals surface area contributed by atoms with Gasteiger partial charge in [-0.2, -0.15) is 0 Å². The summed E-state index contributed by atoms with van der Waals surface area (Å²) in [7, 11) is 0. The molecule has 0 atom stereocenters. The molecule has 4 nitrogen and oxygen atoms in total. The molecular weight excluding hydrogens is 403 g/mol. The van der Waals surface area contributed by atoms with Gasteiger partial charge >= 0.3 is 0 Å². The van der Waals surface area contributed by atoms with Gasteiger partial charge < -0.3 is 0 Å². The SMILES string of the molecule is O=C1NC(=S)N(c2cccc(Cl)c2)C(=O)/C1=C/c1ccc(Cl)cc1Cl. The van der Waals surface area contributed by atoms with Crippen molar-refractivity contribution in [3.8, 4) is 0 Å². The van der Waals surface area contributed by atoms with Crippen LogP contribution in [0.5, 0.6) is 0 Å². The normalized spacial score (nSPS) is 16.4. The van der Waals surface area contributed by atoms with E-state index in [0.717, 1.165) is 0 Å². The number of nitrogens with one attached hydrogen (secondary N) is 1. The zero-order valence-corrected chi connectivity index (χ0v) is 15.5. The topological polar surface area (TPSA) is 49.4 Å². The summed E-state index contributed by atoms with van der Waals surface area (Å²) in [6, 6.07) is 11.4. The zero-order chi connectivity index (χ0) is 18.1. The van der Waals surface area contributed by atoms with Crippen molar-refractivity contribution < 1.29 is 9.59 Å². The van der Waals surface area contributed by atoms with Crippen LogP contribution in [0, 0.1) is 0 Å². The molecule has 0 aromatic heterocycles. The van der Waals surface area contributed by atoms with E-state index in [1.807, 2.05) is 0 Å². The van der Waals surface area contributed by atoms with Gasteiger partial charge in [0.1, 0.15) is 5.57 Å². The second-order valence-corrected chi connectivity index (χ2v) is 6.77. The number of carbonyl (C=O) groups is 2. The Kier molecular flexibility index (Phi) is 5.11. The van der Waals surface area contributed by atoms with Gasteiger partial charge in [0.25, 0.3) is 11.8 Å². The van der Waals surface area contributed by atoms with Crippen molar-refractivity contribution in [2.24, 2.45) is 0 Å². The molecule has 1 fully saturated rings. The quantitative estimate of drug-likeness (QED) is 0.450. The van der Waals surface area contributed by atoms with Gasteiger partial charge in [0.15, 0.2) is 5.11 Å². The molecule has 0 bridgehead atoms. The first-order chi connectivity index (χ1) is 11.9. The number of hydrogen-bond acceptors (Lipinski definition) is 3. The fourth-order valence-electron chi connectivity index (χ4n) is 2.28. The van der Waals surface area contributed by atoms with E-state index >= 15 is 0 Å². The Morgan fingerprint density at radius 3 is 2.40 bits per heavy atom. The number of carbonyl (C=O) groups excluding carboxylic acids is 2. The van der Waals surface area contributed by atoms with E-state index in [0.29, 0.717) is 26.3 Å². The fourth-order valence-corrected chi connectivity index (χ4v) is 3.21. The number of hydrogen-bond donors (Lipinski definition) is 1. The summed E-state index contributed by atoms with van der Waals surface area (Å²) >= 11 is 23.1. The van der Waals surface area contributed by atoms with Crippen molar-refractivity contribution in [2.45, 2.75) is 0 Å². The van der Waals surface area contributed by atoms with Crippen LogP contribution in [0.2, 0.25) is 15.1 Å². The predicted octanol–water partition coefficient (Wildman–Crippen LogP) is 4.48. The molecule has 8 heteroatoms. The lowest BCUT2D eigenvalue weighted by Crippen LogP contribution is -2.54. The number of amides is 2. The van der Waals surface area contributed by atoms with Gasteiger partial charge in [0, 0.05) is 15.1 Å². The molecule has 1 aliphatic heterocycles. The molecule has 1 aliphatic rings. The molecule has 0 aliphatic carbocycles. The van der Waals surface area contributed by atoms with Crippen molar-refractivity contribution in [3.63, 3.8) is 0 Å². The molecule has 126 valence electrons. The first-order valence-electron chi connectivity index (χ1n) is 6.99. The van der Waals surface area contributed by atoms with Crippen molar-refractivity contribution in [3.05, 3.63) is 68.7 Å². The van der Waals surface area contributed by atoms with Gasteiger partial charge in [0.05, 0.1) is 5.69 Å². The van der Waals surface area contributed by atoms with Crippen LogP contribution < -0.4 is 10.2 Å². The summed E-state index contributed by atoms with van der Waals surface area (Å²) in [6.45, 7) is 0. The Bertz CT molecular complexity index is 943. The Morgan fingerprint density at radius 2 is 1.72 bits per heavy atom. The Balaban J connectivity index is 2.05. The van der Waals surface area contributed by atoms with E-state index < -0.39 is 11.8 Å². The molecule has 0 radical (unpaired) electrons. The van der Waals surface area contributed by atoms with Crippen LogP contribution in [0.1, 0.15) is 5.56 Å². The van der Waals surface area contributed by atoms with Crippen molar-refractivity contribution in [2.75, 3.05) is 4.90 Å². The minimum absolute atomic E-state index is 0.0170. The van der Waals surface area contributed by atoms with Gasteiger partial charge in [-0.3, -0.25) is 19.8 Å². The van der Waals surface area contributed by atoms with E-state index in [4.69, 9.17) is 47.0 Å². The van der Waals surface area contributed by atoms with Crippen LogP contribution >= 0.6 is 47.0 Å². The number of nitrogens with zero attached hydrogens (tertiary/aromatic N) is 1. The van der Waals surface area contributed by atoms with Crippen LogP contribution in [-0.4, -0.2) is 16.9 Å². The monoisotopic (exact) mass is 410 g/mol. The van der Waals surface area contributed by atoms with E-state index in [9.17, 15) is 9.59 Å². The molecule has 25 heavy (non-hydrogen) atoms. The maximum Gasteiger partial charge on any atom is 0.270 e.